The zero-order valence-electron chi connectivity index (χ0n) is 19.7. The minimum atomic E-state index is 1.08. The van der Waals surface area contributed by atoms with Crippen LogP contribution in [0.25, 0.3) is 11.1 Å². The number of halogens is 2. The maximum absolute atomic E-state index is 3.80. The molecule has 0 unspecified atom stereocenters. The van der Waals surface area contributed by atoms with Gasteiger partial charge in [-0.3, -0.25) is 0 Å². The van der Waals surface area contributed by atoms with Gasteiger partial charge in [0.1, 0.15) is 0 Å². The number of fused-ring (bicyclic) bond motifs is 3. The Bertz CT molecular complexity index is 768. The lowest BCUT2D eigenvalue weighted by molar-refractivity contribution is 0.607. The number of hydrogen-bond acceptors (Lipinski definition) is 0. The van der Waals surface area contributed by atoms with Crippen LogP contribution in [0, 0.1) is 0 Å². The average molecular weight is 548 g/mol. The molecule has 0 N–H and O–H groups in total. The molecule has 0 amide bonds. The first-order chi connectivity index (χ1) is 15.1. The average Bonchev–Trinajstić information content (AvgIpc) is 3.10. The van der Waals surface area contributed by atoms with Crippen LogP contribution in [-0.2, 0) is 19.3 Å². The van der Waals surface area contributed by atoms with Gasteiger partial charge in [-0.2, -0.15) is 0 Å². The molecule has 0 saturated carbocycles. The summed E-state index contributed by atoms with van der Waals surface area (Å²) in [6.07, 6.45) is 19.8. The minimum Gasteiger partial charge on any atom is -0.0654 e. The van der Waals surface area contributed by atoms with Crippen LogP contribution in [0.2, 0.25) is 0 Å². The highest BCUT2D eigenvalue weighted by molar-refractivity contribution is 9.10. The molecule has 0 saturated heterocycles. The van der Waals surface area contributed by atoms with Gasteiger partial charge in [0, 0.05) is 8.95 Å². The molecule has 0 aromatic heterocycles. The van der Waals surface area contributed by atoms with E-state index in [0.717, 1.165) is 6.42 Å². The fourth-order valence-electron chi connectivity index (χ4n) is 5.16. The van der Waals surface area contributed by atoms with Crippen molar-refractivity contribution in [3.8, 4) is 11.1 Å². The van der Waals surface area contributed by atoms with Crippen molar-refractivity contribution in [1.82, 2.24) is 0 Å². The Kier molecular flexibility index (Phi) is 10.7. The topological polar surface area (TPSA) is 0 Å². The van der Waals surface area contributed by atoms with Gasteiger partial charge in [-0.25, -0.2) is 0 Å². The summed E-state index contributed by atoms with van der Waals surface area (Å²) in [6, 6.07) is 9.53. The van der Waals surface area contributed by atoms with E-state index in [4.69, 9.17) is 0 Å². The summed E-state index contributed by atoms with van der Waals surface area (Å²) in [5.74, 6) is 0. The fourth-order valence-corrected chi connectivity index (χ4v) is 6.27. The van der Waals surface area contributed by atoms with Gasteiger partial charge in [0.2, 0.25) is 0 Å². The molecule has 0 aliphatic heterocycles. The zero-order chi connectivity index (χ0) is 22.1. The van der Waals surface area contributed by atoms with Crippen molar-refractivity contribution in [2.45, 2.75) is 110 Å². The van der Waals surface area contributed by atoms with E-state index in [2.05, 4.69) is 70.0 Å². The fraction of sp³-hybridized carbons (Fsp3) is 0.586. The molecule has 0 radical (unpaired) electrons. The summed E-state index contributed by atoms with van der Waals surface area (Å²) in [6.45, 7) is 4.59. The molecule has 0 atom stereocenters. The first-order valence-electron chi connectivity index (χ1n) is 12.8. The van der Waals surface area contributed by atoms with E-state index < -0.39 is 0 Å². The summed E-state index contributed by atoms with van der Waals surface area (Å²) in [4.78, 5) is 0. The van der Waals surface area contributed by atoms with Gasteiger partial charge in [-0.05, 0) is 89.8 Å². The summed E-state index contributed by atoms with van der Waals surface area (Å²) < 4.78 is 2.49. The standard InChI is InChI=1S/C29H40Br2/c1-3-5-7-9-11-13-15-22-18-26(30)20-24-17-25-21-27(31)19-23(29(25)28(22)24)16-14-12-10-8-6-4-2/h18-21H,3-17H2,1-2H3. The summed E-state index contributed by atoms with van der Waals surface area (Å²) >= 11 is 7.60. The van der Waals surface area contributed by atoms with Gasteiger partial charge >= 0.3 is 0 Å². The Morgan fingerprint density at radius 3 is 1.35 bits per heavy atom. The van der Waals surface area contributed by atoms with Crippen LogP contribution in [-0.4, -0.2) is 0 Å². The maximum atomic E-state index is 3.80. The lowest BCUT2D eigenvalue weighted by atomic mass is 9.90. The molecule has 0 spiro atoms. The van der Waals surface area contributed by atoms with Crippen molar-refractivity contribution in [3.05, 3.63) is 55.5 Å². The van der Waals surface area contributed by atoms with Crippen molar-refractivity contribution in [1.29, 1.82) is 0 Å². The third kappa shape index (κ3) is 7.19. The third-order valence-corrected chi connectivity index (χ3v) is 7.68. The van der Waals surface area contributed by atoms with E-state index in [1.165, 1.54) is 110 Å². The second-order valence-corrected chi connectivity index (χ2v) is 11.2. The van der Waals surface area contributed by atoms with Crippen molar-refractivity contribution >= 4 is 31.9 Å². The van der Waals surface area contributed by atoms with E-state index in [9.17, 15) is 0 Å². The van der Waals surface area contributed by atoms with Gasteiger partial charge in [0.15, 0.2) is 0 Å². The number of hydrogen-bond donors (Lipinski definition) is 0. The van der Waals surface area contributed by atoms with E-state index in [0.29, 0.717) is 0 Å². The lowest BCUT2D eigenvalue weighted by Crippen LogP contribution is -1.96. The Labute approximate surface area is 207 Å². The highest BCUT2D eigenvalue weighted by Crippen LogP contribution is 2.44. The van der Waals surface area contributed by atoms with Gasteiger partial charge in [0.05, 0.1) is 0 Å². The predicted molar refractivity (Wildman–Crippen MR) is 144 cm³/mol. The summed E-state index contributed by atoms with van der Waals surface area (Å²) in [7, 11) is 0. The number of rotatable bonds is 14. The van der Waals surface area contributed by atoms with E-state index in [-0.39, 0.29) is 0 Å². The largest absolute Gasteiger partial charge is 0.0654 e. The second kappa shape index (κ2) is 13.2. The highest BCUT2D eigenvalue weighted by atomic mass is 79.9. The molecule has 2 aromatic carbocycles. The Balaban J connectivity index is 1.75. The molecular weight excluding hydrogens is 508 g/mol. The SMILES string of the molecule is CCCCCCCCc1cc(Br)cc2c1-c1c(CCCCCCCC)cc(Br)cc1C2. The predicted octanol–water partition coefficient (Wildman–Crippen LogP) is 10.6. The van der Waals surface area contributed by atoms with Crippen LogP contribution in [0.1, 0.15) is 113 Å². The summed E-state index contributed by atoms with van der Waals surface area (Å²) in [5.41, 5.74) is 9.30. The summed E-state index contributed by atoms with van der Waals surface area (Å²) in [5, 5.41) is 0. The van der Waals surface area contributed by atoms with Crippen LogP contribution >= 0.6 is 31.9 Å². The Morgan fingerprint density at radius 2 is 0.935 bits per heavy atom. The first-order valence-corrected chi connectivity index (χ1v) is 14.4. The number of unbranched alkanes of at least 4 members (excludes halogenated alkanes) is 10. The van der Waals surface area contributed by atoms with E-state index in [1.807, 2.05) is 0 Å². The number of aryl methyl sites for hydroxylation is 2. The van der Waals surface area contributed by atoms with Crippen LogP contribution in [0.5, 0.6) is 0 Å². The Hall–Kier alpha value is -0.600. The minimum absolute atomic E-state index is 1.08. The normalized spacial score (nSPS) is 12.3. The molecule has 0 nitrogen and oxygen atoms in total. The second-order valence-electron chi connectivity index (χ2n) is 9.41. The molecule has 170 valence electrons. The molecule has 3 rings (SSSR count). The maximum Gasteiger partial charge on any atom is 0.0181 e. The quantitative estimate of drug-likeness (QED) is 0.176. The van der Waals surface area contributed by atoms with Crippen molar-refractivity contribution < 1.29 is 0 Å². The first kappa shape index (κ1) is 25.0. The molecule has 0 bridgehead atoms. The van der Waals surface area contributed by atoms with Gasteiger partial charge in [-0.15, -0.1) is 0 Å². The molecule has 0 heterocycles. The van der Waals surface area contributed by atoms with Crippen molar-refractivity contribution in [3.63, 3.8) is 0 Å². The smallest absolute Gasteiger partial charge is 0.0181 e. The van der Waals surface area contributed by atoms with Crippen LogP contribution in [0.3, 0.4) is 0 Å². The monoisotopic (exact) mass is 546 g/mol. The van der Waals surface area contributed by atoms with Crippen LogP contribution in [0.4, 0.5) is 0 Å². The van der Waals surface area contributed by atoms with E-state index >= 15 is 0 Å². The van der Waals surface area contributed by atoms with E-state index in [1.54, 1.807) is 22.3 Å². The molecule has 2 aromatic rings. The van der Waals surface area contributed by atoms with Crippen LogP contribution < -0.4 is 0 Å². The Morgan fingerprint density at radius 1 is 0.548 bits per heavy atom. The molecule has 31 heavy (non-hydrogen) atoms. The molecule has 2 heteroatoms. The van der Waals surface area contributed by atoms with Gasteiger partial charge in [0.25, 0.3) is 0 Å². The third-order valence-electron chi connectivity index (χ3n) is 6.76. The van der Waals surface area contributed by atoms with Crippen molar-refractivity contribution in [2.24, 2.45) is 0 Å². The van der Waals surface area contributed by atoms with Gasteiger partial charge < -0.3 is 0 Å². The highest BCUT2D eigenvalue weighted by Gasteiger charge is 2.25. The molecule has 0 fully saturated rings. The number of benzene rings is 2. The molecule has 1 aliphatic rings. The molecular formula is C29H40Br2. The van der Waals surface area contributed by atoms with Crippen molar-refractivity contribution in [2.75, 3.05) is 0 Å². The van der Waals surface area contributed by atoms with Gasteiger partial charge in [-0.1, -0.05) is 110 Å². The lowest BCUT2D eigenvalue weighted by Gasteiger charge is -2.15. The molecule has 1 aliphatic carbocycles. The van der Waals surface area contributed by atoms with Crippen LogP contribution in [0.15, 0.2) is 33.2 Å². The zero-order valence-corrected chi connectivity index (χ0v) is 22.8.